The van der Waals surface area contributed by atoms with Crippen molar-refractivity contribution in [3.05, 3.63) is 83.4 Å². The van der Waals surface area contributed by atoms with Gasteiger partial charge in [0, 0.05) is 26.2 Å². The molecule has 1 N–H and O–H groups in total. The number of hydrogen-bond acceptors (Lipinski definition) is 2. The van der Waals surface area contributed by atoms with E-state index in [2.05, 4.69) is 65.3 Å². The van der Waals surface area contributed by atoms with E-state index in [1.807, 2.05) is 12.1 Å². The number of benzene rings is 2. The van der Waals surface area contributed by atoms with E-state index in [0.717, 1.165) is 26.1 Å². The molecular formula is C20H23ClN2O. The number of nitrogens with zero attached hydrogens (tertiary/aromatic N) is 1. The lowest BCUT2D eigenvalue weighted by Gasteiger charge is -2.22. The highest BCUT2D eigenvalue weighted by atomic mass is 35.5. The second-order valence-electron chi connectivity index (χ2n) is 5.70. The maximum atomic E-state index is 11.4. The Labute approximate surface area is 148 Å². The van der Waals surface area contributed by atoms with E-state index in [9.17, 15) is 4.79 Å². The highest BCUT2D eigenvalue weighted by molar-refractivity contribution is 6.41. The molecule has 2 aromatic carbocycles. The molecule has 0 atom stereocenters. The number of halogens is 1. The van der Waals surface area contributed by atoms with Crippen molar-refractivity contribution in [1.29, 1.82) is 0 Å². The van der Waals surface area contributed by atoms with E-state index in [1.165, 1.54) is 11.1 Å². The summed E-state index contributed by atoms with van der Waals surface area (Å²) in [7, 11) is 0. The van der Waals surface area contributed by atoms with Gasteiger partial charge in [-0.15, -0.1) is 0 Å². The fourth-order valence-corrected chi connectivity index (χ4v) is 2.56. The van der Waals surface area contributed by atoms with Crippen molar-refractivity contribution in [2.75, 3.05) is 13.1 Å². The zero-order valence-corrected chi connectivity index (χ0v) is 14.5. The Morgan fingerprint density at radius 2 is 1.46 bits per heavy atom. The summed E-state index contributed by atoms with van der Waals surface area (Å²) in [5.41, 5.74) is 2.57. The molecule has 0 heterocycles. The molecule has 0 fully saturated rings. The zero-order chi connectivity index (χ0) is 17.2. The number of nitrogens with one attached hydrogen (secondary N) is 1. The number of amides is 1. The van der Waals surface area contributed by atoms with Crippen LogP contribution in [0.15, 0.2) is 72.3 Å². The number of hydrogen-bond donors (Lipinski definition) is 1. The molecule has 0 unspecified atom stereocenters. The fourth-order valence-electron chi connectivity index (χ4n) is 2.50. The normalized spacial score (nSPS) is 10.6. The first-order valence-corrected chi connectivity index (χ1v) is 8.46. The van der Waals surface area contributed by atoms with Crippen molar-refractivity contribution < 1.29 is 4.79 Å². The summed E-state index contributed by atoms with van der Waals surface area (Å²) < 4.78 is 0. The van der Waals surface area contributed by atoms with Crippen LogP contribution in [0, 0.1) is 0 Å². The second-order valence-corrected chi connectivity index (χ2v) is 6.15. The van der Waals surface area contributed by atoms with E-state index in [1.54, 1.807) is 0 Å². The van der Waals surface area contributed by atoms with Crippen molar-refractivity contribution in [3.63, 3.8) is 0 Å². The van der Waals surface area contributed by atoms with Crippen molar-refractivity contribution in [3.8, 4) is 0 Å². The minimum absolute atomic E-state index is 0.0282. The van der Waals surface area contributed by atoms with Crippen molar-refractivity contribution in [2.45, 2.75) is 19.5 Å². The van der Waals surface area contributed by atoms with Gasteiger partial charge in [0.2, 0.25) is 0 Å². The third-order valence-corrected chi connectivity index (χ3v) is 3.85. The third-order valence-electron chi connectivity index (χ3n) is 3.68. The first-order chi connectivity index (χ1) is 11.6. The van der Waals surface area contributed by atoms with Gasteiger partial charge in [0.1, 0.15) is 0 Å². The van der Waals surface area contributed by atoms with Crippen LogP contribution in [0.1, 0.15) is 17.5 Å². The van der Waals surface area contributed by atoms with Crippen LogP contribution in [-0.4, -0.2) is 23.9 Å². The zero-order valence-electron chi connectivity index (χ0n) is 13.7. The molecule has 0 aliphatic carbocycles. The summed E-state index contributed by atoms with van der Waals surface area (Å²) in [5.74, 6) is -0.297. The van der Waals surface area contributed by atoms with Crippen LogP contribution in [0.4, 0.5) is 0 Å². The first-order valence-electron chi connectivity index (χ1n) is 8.08. The molecule has 0 saturated carbocycles. The molecule has 24 heavy (non-hydrogen) atoms. The minimum Gasteiger partial charge on any atom is -0.351 e. The Bertz CT molecular complexity index is 602. The Morgan fingerprint density at radius 1 is 0.958 bits per heavy atom. The second kappa shape index (κ2) is 9.91. The Morgan fingerprint density at radius 3 is 1.92 bits per heavy atom. The van der Waals surface area contributed by atoms with Crippen molar-refractivity contribution >= 4 is 17.5 Å². The highest BCUT2D eigenvalue weighted by Gasteiger charge is 2.08. The average Bonchev–Trinajstić information content (AvgIpc) is 2.60. The summed E-state index contributed by atoms with van der Waals surface area (Å²) in [6.45, 7) is 6.66. The molecule has 126 valence electrons. The predicted molar refractivity (Wildman–Crippen MR) is 99.6 cm³/mol. The van der Waals surface area contributed by atoms with Gasteiger partial charge >= 0.3 is 0 Å². The molecule has 1 amide bonds. The van der Waals surface area contributed by atoms with Crippen LogP contribution in [0.25, 0.3) is 0 Å². The lowest BCUT2D eigenvalue weighted by molar-refractivity contribution is -0.116. The summed E-state index contributed by atoms with van der Waals surface area (Å²) >= 11 is 5.57. The van der Waals surface area contributed by atoms with Gasteiger partial charge in [-0.3, -0.25) is 9.69 Å². The number of carbonyl (C=O) groups is 1. The van der Waals surface area contributed by atoms with Crippen LogP contribution in [0.2, 0.25) is 0 Å². The molecule has 3 nitrogen and oxygen atoms in total. The molecular weight excluding hydrogens is 320 g/mol. The molecule has 2 rings (SSSR count). The van der Waals surface area contributed by atoms with Gasteiger partial charge in [0.15, 0.2) is 0 Å². The van der Waals surface area contributed by atoms with Gasteiger partial charge < -0.3 is 5.32 Å². The van der Waals surface area contributed by atoms with Crippen LogP contribution in [0.5, 0.6) is 0 Å². The Kier molecular flexibility index (Phi) is 7.53. The quantitative estimate of drug-likeness (QED) is 0.553. The maximum Gasteiger partial charge on any atom is 0.262 e. The lowest BCUT2D eigenvalue weighted by Crippen LogP contribution is -2.29. The summed E-state index contributed by atoms with van der Waals surface area (Å²) in [5, 5.41) is 2.80. The van der Waals surface area contributed by atoms with E-state index in [4.69, 9.17) is 11.6 Å². The highest BCUT2D eigenvalue weighted by Crippen LogP contribution is 2.10. The molecule has 0 radical (unpaired) electrons. The van der Waals surface area contributed by atoms with Gasteiger partial charge in [-0.05, 0) is 17.5 Å². The summed E-state index contributed by atoms with van der Waals surface area (Å²) in [6, 6.07) is 20.8. The SMILES string of the molecule is C=C(Cl)C(=O)NCCCN(Cc1ccccc1)Cc1ccccc1. The van der Waals surface area contributed by atoms with Gasteiger partial charge in [-0.2, -0.15) is 0 Å². The van der Waals surface area contributed by atoms with Crippen LogP contribution in [0.3, 0.4) is 0 Å². The maximum absolute atomic E-state index is 11.4. The van der Waals surface area contributed by atoms with E-state index in [-0.39, 0.29) is 10.9 Å². The predicted octanol–water partition coefficient (Wildman–Crippen LogP) is 3.95. The fraction of sp³-hybridized carbons (Fsp3) is 0.250. The van der Waals surface area contributed by atoms with Crippen LogP contribution >= 0.6 is 11.6 Å². The Hall–Kier alpha value is -2.10. The minimum atomic E-state index is -0.297. The third kappa shape index (κ3) is 6.57. The summed E-state index contributed by atoms with van der Waals surface area (Å²) in [6.07, 6.45) is 0.857. The molecule has 0 saturated heterocycles. The molecule has 0 aliphatic rings. The number of carbonyl (C=O) groups excluding carboxylic acids is 1. The average molecular weight is 343 g/mol. The molecule has 4 heteroatoms. The van der Waals surface area contributed by atoms with Gasteiger partial charge in [0.05, 0.1) is 5.03 Å². The van der Waals surface area contributed by atoms with Crippen LogP contribution < -0.4 is 5.32 Å². The standard InChI is InChI=1S/C20H23ClN2O/c1-17(21)20(24)22-13-8-14-23(15-18-9-4-2-5-10-18)16-19-11-6-3-7-12-19/h2-7,9-12H,1,8,13-16H2,(H,22,24). The van der Waals surface area contributed by atoms with Crippen LogP contribution in [-0.2, 0) is 17.9 Å². The topological polar surface area (TPSA) is 32.3 Å². The van der Waals surface area contributed by atoms with Crippen molar-refractivity contribution in [2.24, 2.45) is 0 Å². The molecule has 0 aliphatic heterocycles. The number of rotatable bonds is 9. The van der Waals surface area contributed by atoms with Crippen molar-refractivity contribution in [1.82, 2.24) is 10.2 Å². The summed E-state index contributed by atoms with van der Waals surface area (Å²) in [4.78, 5) is 13.8. The monoisotopic (exact) mass is 342 g/mol. The van der Waals surface area contributed by atoms with Gasteiger partial charge in [-0.25, -0.2) is 0 Å². The van der Waals surface area contributed by atoms with E-state index >= 15 is 0 Å². The van der Waals surface area contributed by atoms with E-state index in [0.29, 0.717) is 6.54 Å². The van der Waals surface area contributed by atoms with Gasteiger partial charge in [-0.1, -0.05) is 78.8 Å². The smallest absolute Gasteiger partial charge is 0.262 e. The Balaban J connectivity index is 1.90. The first kappa shape index (κ1) is 18.2. The molecule has 0 aromatic heterocycles. The van der Waals surface area contributed by atoms with E-state index < -0.39 is 0 Å². The lowest BCUT2D eigenvalue weighted by atomic mass is 10.1. The largest absolute Gasteiger partial charge is 0.351 e. The molecule has 0 spiro atoms. The van der Waals surface area contributed by atoms with Gasteiger partial charge in [0.25, 0.3) is 5.91 Å². The molecule has 2 aromatic rings. The molecule has 0 bridgehead atoms.